The van der Waals surface area contributed by atoms with Gasteiger partial charge in [-0.25, -0.2) is 14.8 Å². The average molecular weight is 555 g/mol. The maximum Gasteiger partial charge on any atom is 0.326 e. The van der Waals surface area contributed by atoms with Crippen molar-refractivity contribution in [2.24, 2.45) is 11.7 Å². The molecule has 0 aliphatic rings. The molecule has 0 aliphatic heterocycles. The van der Waals surface area contributed by atoms with Crippen molar-refractivity contribution < 1.29 is 29.4 Å². The summed E-state index contributed by atoms with van der Waals surface area (Å²) in [6.45, 7) is 3.30. The first kappa shape index (κ1) is 29.8. The summed E-state index contributed by atoms with van der Waals surface area (Å²) in [5.74, 6) is -3.53. The van der Waals surface area contributed by atoms with E-state index < -0.39 is 53.8 Å². The SMILES string of the molecule is CC(C)C(NC(=O)C(Cc1cnc[nH]1)NC(=O)C(Cc1cnc[nH]1)NC(=O)C(N)Cc1ccc(O)cc1)C(=O)O. The van der Waals surface area contributed by atoms with E-state index in [4.69, 9.17) is 5.73 Å². The first-order valence-corrected chi connectivity index (χ1v) is 12.7. The molecule has 0 spiro atoms. The third-order valence-corrected chi connectivity index (χ3v) is 6.18. The van der Waals surface area contributed by atoms with Crippen molar-refractivity contribution in [2.45, 2.75) is 57.3 Å². The zero-order chi connectivity index (χ0) is 29.2. The van der Waals surface area contributed by atoms with Crippen molar-refractivity contribution in [1.82, 2.24) is 35.9 Å². The van der Waals surface area contributed by atoms with E-state index in [0.29, 0.717) is 17.0 Å². The Morgan fingerprint density at radius 1 is 0.825 bits per heavy atom. The monoisotopic (exact) mass is 554 g/mol. The van der Waals surface area contributed by atoms with Gasteiger partial charge in [-0.2, -0.15) is 0 Å². The number of carboxylic acid groups (broad SMARTS) is 1. The van der Waals surface area contributed by atoms with Gasteiger partial charge < -0.3 is 41.9 Å². The third kappa shape index (κ3) is 8.66. The van der Waals surface area contributed by atoms with Gasteiger partial charge in [-0.05, 0) is 30.0 Å². The topological polar surface area (TPSA) is 228 Å². The van der Waals surface area contributed by atoms with Crippen LogP contribution >= 0.6 is 0 Å². The Bertz CT molecular complexity index is 1260. The number of nitrogens with one attached hydrogen (secondary N) is 5. The van der Waals surface area contributed by atoms with E-state index in [1.807, 2.05) is 0 Å². The summed E-state index contributed by atoms with van der Waals surface area (Å²) < 4.78 is 0. The van der Waals surface area contributed by atoms with Crippen LogP contribution in [0.3, 0.4) is 0 Å². The summed E-state index contributed by atoms with van der Waals surface area (Å²) in [6.07, 6.45) is 5.99. The Morgan fingerprint density at radius 3 is 1.77 bits per heavy atom. The Morgan fingerprint density at radius 2 is 1.32 bits per heavy atom. The van der Waals surface area contributed by atoms with Gasteiger partial charge in [-0.3, -0.25) is 14.4 Å². The molecule has 40 heavy (non-hydrogen) atoms. The maximum absolute atomic E-state index is 13.5. The minimum atomic E-state index is -1.21. The number of amides is 3. The number of carboxylic acids is 1. The summed E-state index contributed by atoms with van der Waals surface area (Å²) in [5, 5.41) is 26.8. The molecule has 214 valence electrons. The van der Waals surface area contributed by atoms with Crippen molar-refractivity contribution in [3.63, 3.8) is 0 Å². The van der Waals surface area contributed by atoms with Crippen molar-refractivity contribution >= 4 is 23.7 Å². The largest absolute Gasteiger partial charge is 0.508 e. The van der Waals surface area contributed by atoms with Crippen LogP contribution in [0.15, 0.2) is 49.3 Å². The van der Waals surface area contributed by atoms with E-state index in [2.05, 4.69) is 35.9 Å². The second kappa shape index (κ2) is 13.9. The molecule has 0 saturated heterocycles. The van der Waals surface area contributed by atoms with Gasteiger partial charge in [0, 0.05) is 36.6 Å². The van der Waals surface area contributed by atoms with E-state index in [1.165, 1.54) is 37.2 Å². The van der Waals surface area contributed by atoms with E-state index >= 15 is 0 Å². The molecule has 0 aliphatic carbocycles. The lowest BCUT2D eigenvalue weighted by molar-refractivity contribution is -0.143. The van der Waals surface area contributed by atoms with Gasteiger partial charge in [0.25, 0.3) is 0 Å². The van der Waals surface area contributed by atoms with Crippen LogP contribution in [0.1, 0.15) is 30.8 Å². The van der Waals surface area contributed by atoms with E-state index in [-0.39, 0.29) is 25.0 Å². The summed E-state index contributed by atoms with van der Waals surface area (Å²) in [5.41, 5.74) is 7.89. The van der Waals surface area contributed by atoms with Gasteiger partial charge in [0.05, 0.1) is 18.7 Å². The van der Waals surface area contributed by atoms with Gasteiger partial charge in [-0.15, -0.1) is 0 Å². The molecular weight excluding hydrogens is 520 g/mol. The lowest BCUT2D eigenvalue weighted by Gasteiger charge is -2.26. The normalized spacial score (nSPS) is 14.1. The fraction of sp³-hybridized carbons (Fsp3) is 0.385. The summed E-state index contributed by atoms with van der Waals surface area (Å²) >= 11 is 0. The molecule has 3 aromatic rings. The number of aromatic hydroxyl groups is 1. The zero-order valence-corrected chi connectivity index (χ0v) is 22.1. The average Bonchev–Trinajstić information content (AvgIpc) is 3.61. The van der Waals surface area contributed by atoms with Gasteiger partial charge in [0.15, 0.2) is 0 Å². The maximum atomic E-state index is 13.5. The van der Waals surface area contributed by atoms with E-state index in [0.717, 1.165) is 0 Å². The van der Waals surface area contributed by atoms with Crippen LogP contribution in [0.2, 0.25) is 0 Å². The van der Waals surface area contributed by atoms with E-state index in [1.54, 1.807) is 26.0 Å². The molecule has 4 unspecified atom stereocenters. The highest BCUT2D eigenvalue weighted by atomic mass is 16.4. The number of aliphatic carboxylic acids is 1. The van der Waals surface area contributed by atoms with Crippen LogP contribution in [0.5, 0.6) is 5.75 Å². The molecular formula is C26H34N8O6. The number of carbonyl (C=O) groups excluding carboxylic acids is 3. The number of carbonyl (C=O) groups is 4. The lowest BCUT2D eigenvalue weighted by Crippen LogP contribution is -2.58. The third-order valence-electron chi connectivity index (χ3n) is 6.18. The first-order valence-electron chi connectivity index (χ1n) is 12.7. The number of imidazole rings is 2. The van der Waals surface area contributed by atoms with Crippen LogP contribution < -0.4 is 21.7 Å². The number of hydrogen-bond donors (Lipinski definition) is 8. The highest BCUT2D eigenvalue weighted by Gasteiger charge is 2.32. The number of aromatic nitrogens is 4. The molecule has 2 heterocycles. The quantitative estimate of drug-likeness (QED) is 0.127. The molecule has 3 rings (SSSR count). The second-order valence-corrected chi connectivity index (χ2v) is 9.73. The number of aromatic amines is 2. The number of nitrogens with two attached hydrogens (primary N) is 1. The summed E-state index contributed by atoms with van der Waals surface area (Å²) in [6, 6.07) is 1.73. The molecule has 0 bridgehead atoms. The smallest absolute Gasteiger partial charge is 0.326 e. The van der Waals surface area contributed by atoms with Crippen LogP contribution in [-0.4, -0.2) is 78.0 Å². The van der Waals surface area contributed by atoms with Gasteiger partial charge in [-0.1, -0.05) is 26.0 Å². The standard InChI is InChI=1S/C26H34N8O6/c1-14(2)22(26(39)40)34-25(38)21(9-17-11-29-13-31-17)33-24(37)20(8-16-10-28-12-30-16)32-23(36)19(27)7-15-3-5-18(35)6-4-15/h3-6,10-14,19-22,35H,7-9,27H2,1-2H3,(H,28,30)(H,29,31)(H,32,36)(H,33,37)(H,34,38)(H,39,40). The molecule has 3 amide bonds. The lowest BCUT2D eigenvalue weighted by atomic mass is 10.0. The van der Waals surface area contributed by atoms with Gasteiger partial charge in [0.2, 0.25) is 17.7 Å². The zero-order valence-electron chi connectivity index (χ0n) is 22.1. The van der Waals surface area contributed by atoms with Crippen molar-refractivity contribution in [3.05, 3.63) is 66.3 Å². The minimum absolute atomic E-state index is 0.00685. The number of phenolic OH excluding ortho intramolecular Hbond substituents is 1. The Kier molecular flexibility index (Phi) is 10.4. The molecule has 2 aromatic heterocycles. The van der Waals surface area contributed by atoms with Gasteiger partial charge in [0.1, 0.15) is 23.9 Å². The fourth-order valence-electron chi connectivity index (χ4n) is 3.95. The van der Waals surface area contributed by atoms with Crippen LogP contribution in [-0.2, 0) is 38.4 Å². The molecule has 0 saturated carbocycles. The Balaban J connectivity index is 1.77. The van der Waals surface area contributed by atoms with Crippen molar-refractivity contribution in [3.8, 4) is 5.75 Å². The number of nitrogens with zero attached hydrogens (tertiary/aromatic N) is 2. The minimum Gasteiger partial charge on any atom is -0.508 e. The van der Waals surface area contributed by atoms with Gasteiger partial charge >= 0.3 is 5.97 Å². The molecule has 14 nitrogen and oxygen atoms in total. The molecule has 9 N–H and O–H groups in total. The molecule has 1 aromatic carbocycles. The van der Waals surface area contributed by atoms with Crippen LogP contribution in [0, 0.1) is 5.92 Å². The summed E-state index contributed by atoms with van der Waals surface area (Å²) in [4.78, 5) is 64.9. The van der Waals surface area contributed by atoms with Crippen molar-refractivity contribution in [2.75, 3.05) is 0 Å². The van der Waals surface area contributed by atoms with Crippen LogP contribution in [0.25, 0.3) is 0 Å². The van der Waals surface area contributed by atoms with E-state index in [9.17, 15) is 29.4 Å². The highest BCUT2D eigenvalue weighted by Crippen LogP contribution is 2.11. The fourth-order valence-corrected chi connectivity index (χ4v) is 3.95. The number of H-pyrrole nitrogens is 2. The molecule has 14 heteroatoms. The molecule has 0 fully saturated rings. The Labute approximate surface area is 230 Å². The predicted molar refractivity (Wildman–Crippen MR) is 143 cm³/mol. The molecule has 0 radical (unpaired) electrons. The number of rotatable bonds is 14. The number of benzene rings is 1. The molecule has 4 atom stereocenters. The first-order chi connectivity index (χ1) is 19.0. The predicted octanol–water partition coefficient (Wildman–Crippen LogP) is -0.611. The highest BCUT2D eigenvalue weighted by molar-refractivity contribution is 5.94. The number of hydrogen-bond acceptors (Lipinski definition) is 8. The Hall–Kier alpha value is -4.72. The van der Waals surface area contributed by atoms with Crippen LogP contribution in [0.4, 0.5) is 0 Å². The van der Waals surface area contributed by atoms with Crippen molar-refractivity contribution in [1.29, 1.82) is 0 Å². The number of phenols is 1. The second-order valence-electron chi connectivity index (χ2n) is 9.73. The summed E-state index contributed by atoms with van der Waals surface area (Å²) in [7, 11) is 0.